The van der Waals surface area contributed by atoms with Crippen LogP contribution in [0.4, 0.5) is 4.79 Å². The average Bonchev–Trinajstić information content (AvgIpc) is 3.69. The van der Waals surface area contributed by atoms with Gasteiger partial charge in [0.25, 0.3) is 0 Å². The van der Waals surface area contributed by atoms with Crippen LogP contribution in [0.3, 0.4) is 0 Å². The number of hydrogen-bond acceptors (Lipinski definition) is 9. The van der Waals surface area contributed by atoms with E-state index in [0.717, 1.165) is 37.7 Å². The predicted molar refractivity (Wildman–Crippen MR) is 215 cm³/mol. The molecule has 0 aromatic heterocycles. The lowest BCUT2D eigenvalue weighted by Gasteiger charge is -2.35. The SMILES string of the molecule is CC[C@](C)(NC(=O)C(CCCCOC(=O)c1ccccc1)NC(=O)OC(C)(C)C)C(=O)NC(CC1CCCCC1)C(=O)N1CCC[C@@H]1C(=O)OCc1ccccc1. The molecule has 2 aromatic rings. The number of nitrogens with one attached hydrogen (secondary N) is 3. The Hall–Kier alpha value is -4.94. The van der Waals surface area contributed by atoms with Gasteiger partial charge in [0.1, 0.15) is 35.9 Å². The van der Waals surface area contributed by atoms with Crippen LogP contribution in [0, 0.1) is 5.92 Å². The number of esters is 2. The highest BCUT2D eigenvalue weighted by atomic mass is 16.6. The fourth-order valence-electron chi connectivity index (χ4n) is 7.25. The Kier molecular flexibility index (Phi) is 16.9. The van der Waals surface area contributed by atoms with Gasteiger partial charge in [-0.25, -0.2) is 14.4 Å². The molecule has 312 valence electrons. The topological polar surface area (TPSA) is 169 Å². The standard InChI is InChI=1S/C44H62N4O9/c1-6-44(5,47-37(49)34(46-42(54)57-43(2,3)4)25-16-17-28-55-39(51)33-23-14-9-15-24-33)41(53)45-35(29-31-19-10-7-11-20-31)38(50)48-27-18-26-36(48)40(52)56-30-32-21-12-8-13-22-32/h8-9,12-15,21-24,31,34-36H,6-7,10-11,16-20,25-30H2,1-5H3,(H,45,53)(H,46,54)(H,47,49)/t34?,35?,36-,44+/m1/s1. The van der Waals surface area contributed by atoms with Crippen molar-refractivity contribution in [3.8, 4) is 0 Å². The fraction of sp³-hybridized carbons (Fsp3) is 0.591. The largest absolute Gasteiger partial charge is 0.462 e. The van der Waals surface area contributed by atoms with E-state index in [2.05, 4.69) is 16.0 Å². The van der Waals surface area contributed by atoms with Crippen LogP contribution in [0.25, 0.3) is 0 Å². The molecule has 2 aliphatic rings. The van der Waals surface area contributed by atoms with Crippen LogP contribution in [-0.4, -0.2) is 83.1 Å². The van der Waals surface area contributed by atoms with Crippen LogP contribution in [0.15, 0.2) is 60.7 Å². The van der Waals surface area contributed by atoms with Crippen molar-refractivity contribution < 1.29 is 43.0 Å². The van der Waals surface area contributed by atoms with Gasteiger partial charge in [-0.1, -0.05) is 87.6 Å². The predicted octanol–water partition coefficient (Wildman–Crippen LogP) is 6.38. The van der Waals surface area contributed by atoms with E-state index in [0.29, 0.717) is 44.2 Å². The molecule has 4 rings (SSSR count). The van der Waals surface area contributed by atoms with E-state index < -0.39 is 59.1 Å². The number of likely N-dealkylation sites (tertiary alicyclic amines) is 1. The number of hydrogen-bond donors (Lipinski definition) is 3. The molecule has 0 bridgehead atoms. The highest BCUT2D eigenvalue weighted by Crippen LogP contribution is 2.29. The zero-order valence-electron chi connectivity index (χ0n) is 34.3. The van der Waals surface area contributed by atoms with Crippen molar-refractivity contribution in [2.75, 3.05) is 13.2 Å². The lowest BCUT2D eigenvalue weighted by molar-refractivity contribution is -0.155. The van der Waals surface area contributed by atoms with E-state index >= 15 is 0 Å². The van der Waals surface area contributed by atoms with Gasteiger partial charge >= 0.3 is 18.0 Å². The lowest BCUT2D eigenvalue weighted by atomic mass is 9.84. The Balaban J connectivity index is 1.44. The molecule has 2 aromatic carbocycles. The minimum absolute atomic E-state index is 0.0977. The number of amides is 4. The van der Waals surface area contributed by atoms with E-state index in [1.165, 1.54) is 0 Å². The fourth-order valence-corrected chi connectivity index (χ4v) is 7.25. The zero-order valence-corrected chi connectivity index (χ0v) is 34.3. The molecule has 2 fully saturated rings. The van der Waals surface area contributed by atoms with Crippen molar-refractivity contribution in [3.63, 3.8) is 0 Å². The van der Waals surface area contributed by atoms with Gasteiger partial charge in [-0.2, -0.15) is 0 Å². The Morgan fingerprint density at radius 3 is 2.11 bits per heavy atom. The maximum atomic E-state index is 14.3. The second-order valence-corrected chi connectivity index (χ2v) is 16.4. The molecule has 13 nitrogen and oxygen atoms in total. The first kappa shape index (κ1) is 44.8. The van der Waals surface area contributed by atoms with Crippen LogP contribution >= 0.6 is 0 Å². The molecule has 1 saturated heterocycles. The second kappa shape index (κ2) is 21.5. The van der Waals surface area contributed by atoms with Gasteiger partial charge < -0.3 is 35.1 Å². The second-order valence-electron chi connectivity index (χ2n) is 16.4. The summed E-state index contributed by atoms with van der Waals surface area (Å²) in [6, 6.07) is 15.2. The number of carbonyl (C=O) groups is 6. The molecule has 57 heavy (non-hydrogen) atoms. The van der Waals surface area contributed by atoms with Crippen molar-refractivity contribution in [1.82, 2.24) is 20.9 Å². The minimum atomic E-state index is -1.46. The third kappa shape index (κ3) is 14.2. The van der Waals surface area contributed by atoms with Crippen LogP contribution in [0.1, 0.15) is 128 Å². The number of ether oxygens (including phenoxy) is 3. The number of benzene rings is 2. The number of alkyl carbamates (subject to hydrolysis) is 1. The maximum Gasteiger partial charge on any atom is 0.408 e. The summed E-state index contributed by atoms with van der Waals surface area (Å²) < 4.78 is 16.5. The van der Waals surface area contributed by atoms with E-state index in [1.807, 2.05) is 30.3 Å². The van der Waals surface area contributed by atoms with Crippen molar-refractivity contribution in [2.24, 2.45) is 5.92 Å². The summed E-state index contributed by atoms with van der Waals surface area (Å²) in [6.07, 6.45) is 7.00. The molecule has 1 aliphatic carbocycles. The Labute approximate surface area is 337 Å². The third-order valence-electron chi connectivity index (χ3n) is 10.7. The van der Waals surface area contributed by atoms with Crippen molar-refractivity contribution in [1.29, 1.82) is 0 Å². The maximum absolute atomic E-state index is 14.3. The summed E-state index contributed by atoms with van der Waals surface area (Å²) in [5.41, 5.74) is -0.998. The van der Waals surface area contributed by atoms with Gasteiger partial charge in [0.15, 0.2) is 0 Å². The average molecular weight is 791 g/mol. The zero-order chi connectivity index (χ0) is 41.4. The number of rotatable bonds is 18. The number of carbonyl (C=O) groups excluding carboxylic acids is 6. The Morgan fingerprint density at radius 1 is 0.789 bits per heavy atom. The number of nitrogens with zero attached hydrogens (tertiary/aromatic N) is 1. The van der Waals surface area contributed by atoms with Crippen molar-refractivity contribution in [3.05, 3.63) is 71.8 Å². The first-order valence-corrected chi connectivity index (χ1v) is 20.5. The van der Waals surface area contributed by atoms with E-state index in [9.17, 15) is 28.8 Å². The van der Waals surface area contributed by atoms with E-state index in [-0.39, 0.29) is 37.9 Å². The molecular formula is C44H62N4O9. The molecule has 3 N–H and O–H groups in total. The molecular weight excluding hydrogens is 729 g/mol. The van der Waals surface area contributed by atoms with Crippen LogP contribution in [0.5, 0.6) is 0 Å². The highest BCUT2D eigenvalue weighted by Gasteiger charge is 2.42. The summed E-state index contributed by atoms with van der Waals surface area (Å²) in [5.74, 6) is -2.19. The van der Waals surface area contributed by atoms with Gasteiger partial charge in [-0.3, -0.25) is 14.4 Å². The number of unbranched alkanes of at least 4 members (excludes halogenated alkanes) is 1. The molecule has 0 spiro atoms. The molecule has 1 heterocycles. The molecule has 13 heteroatoms. The summed E-state index contributed by atoms with van der Waals surface area (Å²) >= 11 is 0. The summed E-state index contributed by atoms with van der Waals surface area (Å²) in [7, 11) is 0. The first-order chi connectivity index (χ1) is 27.2. The first-order valence-electron chi connectivity index (χ1n) is 20.5. The van der Waals surface area contributed by atoms with Gasteiger partial charge in [0, 0.05) is 6.54 Å². The van der Waals surface area contributed by atoms with Crippen LogP contribution < -0.4 is 16.0 Å². The van der Waals surface area contributed by atoms with Gasteiger partial charge in [-0.05, 0) is 96.3 Å². The summed E-state index contributed by atoms with van der Waals surface area (Å²) in [4.78, 5) is 82.6. The molecule has 1 aliphatic heterocycles. The van der Waals surface area contributed by atoms with Crippen molar-refractivity contribution in [2.45, 2.75) is 148 Å². The molecule has 1 saturated carbocycles. The Bertz CT molecular complexity index is 1640. The van der Waals surface area contributed by atoms with E-state index in [1.54, 1.807) is 69.9 Å². The molecule has 4 atom stereocenters. The Morgan fingerprint density at radius 2 is 1.46 bits per heavy atom. The quantitative estimate of drug-likeness (QED) is 0.0881. The van der Waals surface area contributed by atoms with Gasteiger partial charge in [0.2, 0.25) is 17.7 Å². The van der Waals surface area contributed by atoms with Gasteiger partial charge in [-0.15, -0.1) is 0 Å². The van der Waals surface area contributed by atoms with Crippen molar-refractivity contribution >= 4 is 35.8 Å². The monoisotopic (exact) mass is 790 g/mol. The highest BCUT2D eigenvalue weighted by molar-refractivity contribution is 5.97. The third-order valence-corrected chi connectivity index (χ3v) is 10.7. The molecule has 0 radical (unpaired) electrons. The van der Waals surface area contributed by atoms with Crippen LogP contribution in [-0.2, 0) is 40.0 Å². The van der Waals surface area contributed by atoms with Crippen LogP contribution in [0.2, 0.25) is 0 Å². The normalized spacial score (nSPS) is 18.0. The summed E-state index contributed by atoms with van der Waals surface area (Å²) in [5, 5.41) is 8.51. The minimum Gasteiger partial charge on any atom is -0.462 e. The molecule has 4 amide bonds. The lowest BCUT2D eigenvalue weighted by Crippen LogP contribution is -2.63. The van der Waals surface area contributed by atoms with Gasteiger partial charge in [0.05, 0.1) is 12.2 Å². The van der Waals surface area contributed by atoms with E-state index in [4.69, 9.17) is 14.2 Å². The summed E-state index contributed by atoms with van der Waals surface area (Å²) in [6.45, 7) is 9.07. The molecule has 2 unspecified atom stereocenters. The smallest absolute Gasteiger partial charge is 0.408 e.